The van der Waals surface area contributed by atoms with E-state index in [2.05, 4.69) is 16.0 Å². The van der Waals surface area contributed by atoms with E-state index in [-0.39, 0.29) is 6.04 Å². The van der Waals surface area contributed by atoms with Gasteiger partial charge in [-0.05, 0) is 6.07 Å². The lowest BCUT2D eigenvalue weighted by Gasteiger charge is -2.30. The standard InChI is InChI=1S/C13H13ClN4/c1-18-12(10(14)7-17-13(18)15)9-6-16-11-5-3-2-4-8(9)11/h2-7,12,16H,1H3,(H2,15,17). The van der Waals surface area contributed by atoms with Crippen molar-refractivity contribution >= 4 is 28.5 Å². The van der Waals surface area contributed by atoms with Crippen molar-refractivity contribution in [2.45, 2.75) is 6.04 Å². The lowest BCUT2D eigenvalue weighted by Crippen LogP contribution is -2.38. The predicted octanol–water partition coefficient (Wildman–Crippen LogP) is 2.55. The smallest absolute Gasteiger partial charge is 0.196 e. The first kappa shape index (κ1) is 11.2. The topological polar surface area (TPSA) is 57.4 Å². The Labute approximate surface area is 110 Å². The van der Waals surface area contributed by atoms with E-state index >= 15 is 0 Å². The molecule has 3 rings (SSSR count). The van der Waals surface area contributed by atoms with Crippen molar-refractivity contribution in [3.05, 3.63) is 47.3 Å². The second-order valence-corrected chi connectivity index (χ2v) is 4.74. The van der Waals surface area contributed by atoms with Crippen LogP contribution in [-0.2, 0) is 0 Å². The van der Waals surface area contributed by atoms with Gasteiger partial charge in [-0.15, -0.1) is 0 Å². The lowest BCUT2D eigenvalue weighted by atomic mass is 10.0. The quantitative estimate of drug-likeness (QED) is 0.828. The zero-order valence-corrected chi connectivity index (χ0v) is 10.6. The second kappa shape index (κ2) is 4.07. The Balaban J connectivity index is 2.15. The van der Waals surface area contributed by atoms with Gasteiger partial charge >= 0.3 is 0 Å². The SMILES string of the molecule is CN1C(N)=NC=C(Cl)C1c1c[nH]c2ccccc12. The first-order valence-electron chi connectivity index (χ1n) is 5.66. The molecule has 5 heteroatoms. The molecule has 1 unspecified atom stereocenters. The molecule has 2 heterocycles. The van der Waals surface area contributed by atoms with Crippen LogP contribution in [0.3, 0.4) is 0 Å². The van der Waals surface area contributed by atoms with Crippen LogP contribution >= 0.6 is 11.6 Å². The molecule has 92 valence electrons. The summed E-state index contributed by atoms with van der Waals surface area (Å²) in [5.74, 6) is 0.467. The average molecular weight is 261 g/mol. The van der Waals surface area contributed by atoms with Gasteiger partial charge in [-0.25, -0.2) is 4.99 Å². The monoisotopic (exact) mass is 260 g/mol. The van der Waals surface area contributed by atoms with Gasteiger partial charge in [0.15, 0.2) is 5.96 Å². The Kier molecular flexibility index (Phi) is 2.52. The average Bonchev–Trinajstić information content (AvgIpc) is 2.79. The van der Waals surface area contributed by atoms with Crippen molar-refractivity contribution in [1.29, 1.82) is 0 Å². The summed E-state index contributed by atoms with van der Waals surface area (Å²) in [7, 11) is 1.89. The summed E-state index contributed by atoms with van der Waals surface area (Å²) in [6.07, 6.45) is 3.59. The van der Waals surface area contributed by atoms with Crippen molar-refractivity contribution in [2.75, 3.05) is 7.05 Å². The van der Waals surface area contributed by atoms with Gasteiger partial charge in [0.05, 0.1) is 11.1 Å². The highest BCUT2D eigenvalue weighted by Gasteiger charge is 2.27. The molecule has 1 aromatic heterocycles. The van der Waals surface area contributed by atoms with Gasteiger partial charge in [-0.2, -0.15) is 0 Å². The molecule has 0 fully saturated rings. The number of nitrogens with two attached hydrogens (primary N) is 1. The van der Waals surface area contributed by atoms with Crippen molar-refractivity contribution < 1.29 is 0 Å². The largest absolute Gasteiger partial charge is 0.369 e. The molecule has 18 heavy (non-hydrogen) atoms. The van der Waals surface area contributed by atoms with Crippen LogP contribution in [-0.4, -0.2) is 22.9 Å². The first-order chi connectivity index (χ1) is 8.68. The number of halogens is 1. The van der Waals surface area contributed by atoms with Gasteiger partial charge in [-0.1, -0.05) is 29.8 Å². The third-order valence-electron chi connectivity index (χ3n) is 3.25. The number of para-hydroxylation sites is 1. The molecule has 0 amide bonds. The summed E-state index contributed by atoms with van der Waals surface area (Å²) in [6, 6.07) is 8.04. The highest BCUT2D eigenvalue weighted by molar-refractivity contribution is 6.30. The molecule has 4 nitrogen and oxygen atoms in total. The molecule has 0 saturated heterocycles. The molecule has 1 atom stereocenters. The fraction of sp³-hybridized carbons (Fsp3) is 0.154. The molecule has 1 aromatic carbocycles. The number of aromatic nitrogens is 1. The summed E-state index contributed by atoms with van der Waals surface area (Å²) < 4.78 is 0. The number of nitrogens with zero attached hydrogens (tertiary/aromatic N) is 2. The Morgan fingerprint density at radius 2 is 2.17 bits per heavy atom. The summed E-state index contributed by atoms with van der Waals surface area (Å²) in [5, 5.41) is 1.81. The minimum atomic E-state index is -0.0830. The molecule has 0 bridgehead atoms. The summed E-state index contributed by atoms with van der Waals surface area (Å²) in [5.41, 5.74) is 8.04. The van der Waals surface area contributed by atoms with Crippen molar-refractivity contribution in [3.8, 4) is 0 Å². The number of guanidine groups is 1. The van der Waals surface area contributed by atoms with E-state index in [9.17, 15) is 0 Å². The van der Waals surface area contributed by atoms with E-state index in [1.54, 1.807) is 6.20 Å². The number of benzene rings is 1. The minimum Gasteiger partial charge on any atom is -0.369 e. The van der Waals surface area contributed by atoms with Crippen LogP contribution < -0.4 is 5.73 Å². The fourth-order valence-electron chi connectivity index (χ4n) is 2.28. The zero-order valence-electron chi connectivity index (χ0n) is 9.89. The van der Waals surface area contributed by atoms with E-state index < -0.39 is 0 Å². The fourth-order valence-corrected chi connectivity index (χ4v) is 2.60. The summed E-state index contributed by atoms with van der Waals surface area (Å²) in [4.78, 5) is 9.17. The normalized spacial score (nSPS) is 19.9. The van der Waals surface area contributed by atoms with E-state index in [1.807, 2.05) is 36.3 Å². The lowest BCUT2D eigenvalue weighted by molar-refractivity contribution is 0.423. The Morgan fingerprint density at radius 1 is 1.39 bits per heavy atom. The molecular formula is C13H13ClN4. The Morgan fingerprint density at radius 3 is 3.00 bits per heavy atom. The van der Waals surface area contributed by atoms with Crippen LogP contribution in [0.1, 0.15) is 11.6 Å². The maximum Gasteiger partial charge on any atom is 0.196 e. The number of rotatable bonds is 1. The number of likely N-dealkylation sites (N-methyl/N-ethyl adjacent to an activating group) is 1. The van der Waals surface area contributed by atoms with Crippen LogP contribution in [0.4, 0.5) is 0 Å². The molecule has 2 aromatic rings. The Hall–Kier alpha value is -1.94. The number of hydrogen-bond donors (Lipinski definition) is 2. The highest BCUT2D eigenvalue weighted by Crippen LogP contribution is 2.36. The molecule has 0 saturated carbocycles. The van der Waals surface area contributed by atoms with Gasteiger partial charge in [-0.3, -0.25) is 0 Å². The maximum absolute atomic E-state index is 6.28. The Bertz CT molecular complexity index is 656. The predicted molar refractivity (Wildman–Crippen MR) is 74.4 cm³/mol. The first-order valence-corrected chi connectivity index (χ1v) is 6.04. The number of hydrogen-bond acceptors (Lipinski definition) is 3. The molecule has 1 aliphatic heterocycles. The number of fused-ring (bicyclic) bond motifs is 1. The van der Waals surface area contributed by atoms with Gasteiger partial charge in [0.2, 0.25) is 0 Å². The van der Waals surface area contributed by atoms with Crippen LogP contribution in [0.2, 0.25) is 0 Å². The van der Waals surface area contributed by atoms with Crippen LogP contribution in [0.5, 0.6) is 0 Å². The van der Waals surface area contributed by atoms with Crippen molar-refractivity contribution in [2.24, 2.45) is 10.7 Å². The minimum absolute atomic E-state index is 0.0830. The maximum atomic E-state index is 6.28. The number of aromatic amines is 1. The third-order valence-corrected chi connectivity index (χ3v) is 3.55. The molecule has 3 N–H and O–H groups in total. The summed E-state index contributed by atoms with van der Waals surface area (Å²) >= 11 is 6.28. The number of H-pyrrole nitrogens is 1. The van der Waals surface area contributed by atoms with E-state index in [4.69, 9.17) is 17.3 Å². The van der Waals surface area contributed by atoms with Gasteiger partial charge in [0.1, 0.15) is 0 Å². The van der Waals surface area contributed by atoms with Crippen LogP contribution in [0, 0.1) is 0 Å². The van der Waals surface area contributed by atoms with Crippen LogP contribution in [0.25, 0.3) is 10.9 Å². The van der Waals surface area contributed by atoms with Crippen LogP contribution in [0.15, 0.2) is 46.7 Å². The van der Waals surface area contributed by atoms with Crippen molar-refractivity contribution in [1.82, 2.24) is 9.88 Å². The molecule has 1 aliphatic rings. The second-order valence-electron chi connectivity index (χ2n) is 4.30. The van der Waals surface area contributed by atoms with E-state index in [1.165, 1.54) is 0 Å². The molecule has 0 aliphatic carbocycles. The summed E-state index contributed by atoms with van der Waals surface area (Å²) in [6.45, 7) is 0. The molecular weight excluding hydrogens is 248 g/mol. The third kappa shape index (κ3) is 1.57. The van der Waals surface area contributed by atoms with Gasteiger partial charge in [0.25, 0.3) is 0 Å². The molecule has 0 spiro atoms. The highest BCUT2D eigenvalue weighted by atomic mass is 35.5. The van der Waals surface area contributed by atoms with Gasteiger partial charge < -0.3 is 15.6 Å². The number of aliphatic imine (C=N–C) groups is 1. The van der Waals surface area contributed by atoms with Gasteiger partial charge in [0, 0.05) is 35.9 Å². The van der Waals surface area contributed by atoms with E-state index in [0.29, 0.717) is 11.0 Å². The van der Waals surface area contributed by atoms with Crippen molar-refractivity contribution in [3.63, 3.8) is 0 Å². The van der Waals surface area contributed by atoms with E-state index in [0.717, 1.165) is 16.5 Å². The zero-order chi connectivity index (χ0) is 12.7. The number of nitrogens with one attached hydrogen (secondary N) is 1. The molecule has 0 radical (unpaired) electrons.